The Morgan fingerprint density at radius 1 is 1.50 bits per heavy atom. The Kier molecular flexibility index (Phi) is 4.71. The largest absolute Gasteiger partial charge is 0.366 e. The molecule has 2 aromatic heterocycles. The minimum atomic E-state index is 0.246. The van der Waals surface area contributed by atoms with Crippen LogP contribution in [-0.4, -0.2) is 26.3 Å². The van der Waals surface area contributed by atoms with Gasteiger partial charge in [0.2, 0.25) is 17.0 Å². The van der Waals surface area contributed by atoms with Gasteiger partial charge in [0.05, 0.1) is 0 Å². The van der Waals surface area contributed by atoms with Crippen molar-refractivity contribution in [1.29, 1.82) is 0 Å². The molecule has 0 aliphatic carbocycles. The number of hydrogen-bond donors (Lipinski definition) is 2. The van der Waals surface area contributed by atoms with E-state index in [1.54, 1.807) is 10.9 Å². The molecule has 88 valence electrons. The zero-order chi connectivity index (χ0) is 12.0. The molecule has 0 amide bonds. The average Bonchev–Trinajstić information content (AvgIpc) is 2.91. The summed E-state index contributed by atoms with van der Waals surface area (Å²) in [6, 6.07) is 0. The topological polar surface area (TPSA) is 81.6 Å². The minimum absolute atomic E-state index is 0.246. The summed E-state index contributed by atoms with van der Waals surface area (Å²) in [6.07, 6.45) is 1.72. The van der Waals surface area contributed by atoms with Crippen molar-refractivity contribution in [2.24, 2.45) is 0 Å². The third-order valence-corrected chi connectivity index (χ3v) is 2.31. The van der Waals surface area contributed by atoms with E-state index in [-0.39, 0.29) is 5.95 Å². The lowest BCUT2D eigenvalue weighted by Crippen LogP contribution is -2.06. The second-order valence-corrected chi connectivity index (χ2v) is 3.42. The van der Waals surface area contributed by atoms with E-state index in [2.05, 4.69) is 20.4 Å². The van der Waals surface area contributed by atoms with Crippen LogP contribution >= 0.6 is 11.3 Å². The van der Waals surface area contributed by atoms with Gasteiger partial charge in [-0.15, -0.1) is 16.4 Å². The smallest absolute Gasteiger partial charge is 0.241 e. The van der Waals surface area contributed by atoms with Crippen LogP contribution in [0.3, 0.4) is 0 Å². The molecular formula is C9H16N6S. The van der Waals surface area contributed by atoms with Crippen molar-refractivity contribution in [3.05, 3.63) is 11.6 Å². The van der Waals surface area contributed by atoms with Crippen LogP contribution in [0.4, 0.5) is 11.9 Å². The standard InChI is InChI=1S/C7H10N6S.C2H6/c1-2-9-6-11-5(8)12-13(6)7-10-3-4-14-7;1-2/h3-4H,2H2,1H3,(H3,8,9,11,12);1-2H3. The van der Waals surface area contributed by atoms with Gasteiger partial charge in [-0.25, -0.2) is 4.98 Å². The Hall–Kier alpha value is -1.63. The van der Waals surface area contributed by atoms with E-state index in [0.29, 0.717) is 5.95 Å². The number of thiazole rings is 1. The van der Waals surface area contributed by atoms with E-state index in [0.717, 1.165) is 11.7 Å². The van der Waals surface area contributed by atoms with Gasteiger partial charge in [0.15, 0.2) is 0 Å². The van der Waals surface area contributed by atoms with Gasteiger partial charge in [-0.3, -0.25) is 0 Å². The van der Waals surface area contributed by atoms with Gasteiger partial charge in [0, 0.05) is 18.1 Å². The summed E-state index contributed by atoms with van der Waals surface area (Å²) in [4.78, 5) is 8.17. The molecule has 0 saturated carbocycles. The minimum Gasteiger partial charge on any atom is -0.366 e. The van der Waals surface area contributed by atoms with Gasteiger partial charge in [-0.2, -0.15) is 9.67 Å². The molecule has 2 aromatic rings. The number of rotatable bonds is 3. The molecule has 0 atom stereocenters. The first-order chi connectivity index (χ1) is 7.81. The number of nitrogen functional groups attached to an aromatic ring is 1. The number of nitrogens with one attached hydrogen (secondary N) is 1. The molecule has 7 heteroatoms. The maximum Gasteiger partial charge on any atom is 0.241 e. The van der Waals surface area contributed by atoms with Crippen LogP contribution in [0.15, 0.2) is 11.6 Å². The molecule has 0 radical (unpaired) electrons. The van der Waals surface area contributed by atoms with E-state index in [9.17, 15) is 0 Å². The highest BCUT2D eigenvalue weighted by atomic mass is 32.1. The molecule has 0 bridgehead atoms. The van der Waals surface area contributed by atoms with E-state index in [4.69, 9.17) is 5.73 Å². The summed E-state index contributed by atoms with van der Waals surface area (Å²) >= 11 is 1.48. The van der Waals surface area contributed by atoms with Crippen molar-refractivity contribution >= 4 is 23.2 Å². The Morgan fingerprint density at radius 3 is 2.81 bits per heavy atom. The third-order valence-electron chi connectivity index (χ3n) is 1.56. The first kappa shape index (κ1) is 12.4. The zero-order valence-corrected chi connectivity index (χ0v) is 10.5. The highest BCUT2D eigenvalue weighted by Crippen LogP contribution is 2.16. The van der Waals surface area contributed by atoms with Crippen LogP contribution in [-0.2, 0) is 0 Å². The maximum absolute atomic E-state index is 5.51. The van der Waals surface area contributed by atoms with Gasteiger partial charge in [0.25, 0.3) is 0 Å². The first-order valence-electron chi connectivity index (χ1n) is 5.17. The van der Waals surface area contributed by atoms with Crippen LogP contribution in [0.1, 0.15) is 20.8 Å². The number of nitrogens with zero attached hydrogens (tertiary/aromatic N) is 4. The van der Waals surface area contributed by atoms with Gasteiger partial charge < -0.3 is 11.1 Å². The Morgan fingerprint density at radius 2 is 2.25 bits per heavy atom. The second kappa shape index (κ2) is 6.06. The van der Waals surface area contributed by atoms with Gasteiger partial charge in [-0.05, 0) is 6.92 Å². The predicted octanol–water partition coefficient (Wildman–Crippen LogP) is 1.76. The van der Waals surface area contributed by atoms with Crippen LogP contribution in [0.5, 0.6) is 0 Å². The summed E-state index contributed by atoms with van der Waals surface area (Å²) < 4.78 is 1.60. The fourth-order valence-corrected chi connectivity index (χ4v) is 1.65. The maximum atomic E-state index is 5.51. The molecule has 0 fully saturated rings. The monoisotopic (exact) mass is 240 g/mol. The molecule has 0 aromatic carbocycles. The number of nitrogens with two attached hydrogens (primary N) is 1. The summed E-state index contributed by atoms with van der Waals surface area (Å²) in [5, 5.41) is 9.73. The zero-order valence-electron chi connectivity index (χ0n) is 9.64. The molecule has 0 aliphatic rings. The third kappa shape index (κ3) is 2.69. The summed E-state index contributed by atoms with van der Waals surface area (Å²) in [7, 11) is 0. The van der Waals surface area contributed by atoms with E-state index >= 15 is 0 Å². The Balaban J connectivity index is 0.000000606. The summed E-state index contributed by atoms with van der Waals surface area (Å²) in [5.41, 5.74) is 5.51. The molecule has 0 saturated heterocycles. The summed E-state index contributed by atoms with van der Waals surface area (Å²) in [6.45, 7) is 6.75. The van der Waals surface area contributed by atoms with E-state index < -0.39 is 0 Å². The molecule has 3 N–H and O–H groups in total. The molecule has 16 heavy (non-hydrogen) atoms. The van der Waals surface area contributed by atoms with Gasteiger partial charge >= 0.3 is 0 Å². The number of anilines is 2. The van der Waals surface area contributed by atoms with Crippen LogP contribution in [0.25, 0.3) is 5.13 Å². The fourth-order valence-electron chi connectivity index (χ4n) is 1.05. The predicted molar refractivity (Wildman–Crippen MR) is 67.0 cm³/mol. The Labute approximate surface area is 98.5 Å². The number of aromatic nitrogens is 4. The normalized spacial score (nSPS) is 9.44. The van der Waals surface area contributed by atoms with Crippen molar-refractivity contribution in [3.8, 4) is 5.13 Å². The fraction of sp³-hybridized carbons (Fsp3) is 0.444. The SMILES string of the molecule is CC.CCNc1nc(N)nn1-c1nccs1. The lowest BCUT2D eigenvalue weighted by atomic mass is 10.7. The van der Waals surface area contributed by atoms with E-state index in [1.807, 2.05) is 26.2 Å². The molecule has 0 aliphatic heterocycles. The molecule has 6 nitrogen and oxygen atoms in total. The Bertz CT molecular complexity index is 408. The van der Waals surface area contributed by atoms with Crippen LogP contribution in [0.2, 0.25) is 0 Å². The quantitative estimate of drug-likeness (QED) is 0.854. The molecule has 0 unspecified atom stereocenters. The number of hydrogen-bond acceptors (Lipinski definition) is 6. The van der Waals surface area contributed by atoms with Crippen molar-refractivity contribution in [1.82, 2.24) is 19.7 Å². The lowest BCUT2D eigenvalue weighted by Gasteiger charge is -2.01. The van der Waals surface area contributed by atoms with Crippen LogP contribution < -0.4 is 11.1 Å². The van der Waals surface area contributed by atoms with Gasteiger partial charge in [-0.1, -0.05) is 13.8 Å². The van der Waals surface area contributed by atoms with Crippen LogP contribution in [0, 0.1) is 0 Å². The van der Waals surface area contributed by atoms with Gasteiger partial charge in [0.1, 0.15) is 0 Å². The molecule has 0 spiro atoms. The highest BCUT2D eigenvalue weighted by molar-refractivity contribution is 7.12. The molecule has 2 rings (SSSR count). The second-order valence-electron chi connectivity index (χ2n) is 2.55. The highest BCUT2D eigenvalue weighted by Gasteiger charge is 2.10. The van der Waals surface area contributed by atoms with Crippen molar-refractivity contribution in [2.45, 2.75) is 20.8 Å². The average molecular weight is 240 g/mol. The van der Waals surface area contributed by atoms with E-state index in [1.165, 1.54) is 11.3 Å². The van der Waals surface area contributed by atoms with Crippen molar-refractivity contribution in [2.75, 3.05) is 17.6 Å². The molecular weight excluding hydrogens is 224 g/mol. The molecule has 2 heterocycles. The lowest BCUT2D eigenvalue weighted by molar-refractivity contribution is 0.870. The van der Waals surface area contributed by atoms with Crippen molar-refractivity contribution < 1.29 is 0 Å². The summed E-state index contributed by atoms with van der Waals surface area (Å²) in [5.74, 6) is 0.871. The van der Waals surface area contributed by atoms with Crippen molar-refractivity contribution in [3.63, 3.8) is 0 Å². The first-order valence-corrected chi connectivity index (χ1v) is 6.05.